The van der Waals surface area contributed by atoms with E-state index in [0.717, 1.165) is 24.0 Å². The second kappa shape index (κ2) is 7.72. The minimum atomic E-state index is -0.338. The minimum Gasteiger partial charge on any atom is -0.396 e. The molecule has 1 fully saturated rings. The van der Waals surface area contributed by atoms with Gasteiger partial charge in [-0.25, -0.2) is 0 Å². The third-order valence-electron chi connectivity index (χ3n) is 5.18. The van der Waals surface area contributed by atoms with Crippen molar-refractivity contribution in [3.05, 3.63) is 71.3 Å². The van der Waals surface area contributed by atoms with Gasteiger partial charge in [-0.15, -0.1) is 0 Å². The molecule has 0 saturated heterocycles. The molecule has 4 nitrogen and oxygen atoms in total. The number of carbonyl (C=O) groups excluding carboxylic acids is 1. The van der Waals surface area contributed by atoms with Crippen LogP contribution < -0.4 is 0 Å². The molecule has 1 aliphatic carbocycles. The van der Waals surface area contributed by atoms with Crippen LogP contribution in [0.4, 0.5) is 0 Å². The van der Waals surface area contributed by atoms with Crippen LogP contribution in [0.1, 0.15) is 47.7 Å². The summed E-state index contributed by atoms with van der Waals surface area (Å²) in [7, 11) is 0. The third-order valence-corrected chi connectivity index (χ3v) is 5.18. The van der Waals surface area contributed by atoms with Crippen LogP contribution in [-0.4, -0.2) is 28.6 Å². The molecule has 4 heteroatoms. The highest BCUT2D eigenvalue weighted by Crippen LogP contribution is 2.47. The fraction of sp³-hybridized carbons (Fsp3) is 0.364. The van der Waals surface area contributed by atoms with Crippen LogP contribution in [0.3, 0.4) is 0 Å². The van der Waals surface area contributed by atoms with Crippen LogP contribution in [0.2, 0.25) is 0 Å². The van der Waals surface area contributed by atoms with Crippen LogP contribution >= 0.6 is 0 Å². The number of aliphatic hydroxyl groups excluding tert-OH is 1. The Morgan fingerprint density at radius 2 is 1.85 bits per heavy atom. The quantitative estimate of drug-likeness (QED) is 0.830. The van der Waals surface area contributed by atoms with Crippen LogP contribution in [0.15, 0.2) is 54.6 Å². The maximum absolute atomic E-state index is 13.1. The molecule has 2 aromatic rings. The molecule has 2 aromatic carbocycles. The van der Waals surface area contributed by atoms with Gasteiger partial charge in [0.05, 0.1) is 11.5 Å². The number of rotatable bonds is 7. The SMILES string of the molecule is CC(CCO)N(Cc1ccccc1)C(=O)c1ccc(C2(C#N)CC2)cc1. The van der Waals surface area contributed by atoms with Gasteiger partial charge in [0.1, 0.15) is 0 Å². The fourth-order valence-corrected chi connectivity index (χ4v) is 3.24. The number of benzene rings is 2. The summed E-state index contributed by atoms with van der Waals surface area (Å²) in [4.78, 5) is 14.9. The van der Waals surface area contributed by atoms with Crippen molar-refractivity contribution in [1.82, 2.24) is 4.90 Å². The van der Waals surface area contributed by atoms with E-state index in [9.17, 15) is 15.2 Å². The normalized spacial score (nSPS) is 15.7. The van der Waals surface area contributed by atoms with Crippen LogP contribution in [-0.2, 0) is 12.0 Å². The standard InChI is InChI=1S/C22H24N2O2/c1-17(11-14-25)24(15-18-5-3-2-4-6-18)21(26)19-7-9-20(10-8-19)22(16-23)12-13-22/h2-10,17,25H,11-15H2,1H3. The van der Waals surface area contributed by atoms with Gasteiger partial charge in [-0.3, -0.25) is 4.79 Å². The predicted molar refractivity (Wildman–Crippen MR) is 100 cm³/mol. The largest absolute Gasteiger partial charge is 0.396 e. The Bertz CT molecular complexity index is 789. The molecule has 0 radical (unpaired) electrons. The average molecular weight is 348 g/mol. The number of nitriles is 1. The van der Waals surface area contributed by atoms with Gasteiger partial charge in [0.25, 0.3) is 5.91 Å². The first-order chi connectivity index (χ1) is 12.6. The van der Waals surface area contributed by atoms with E-state index in [1.54, 1.807) is 4.90 Å². The van der Waals surface area contributed by atoms with Crippen molar-refractivity contribution in [2.24, 2.45) is 0 Å². The molecular weight excluding hydrogens is 324 g/mol. The van der Waals surface area contributed by atoms with E-state index in [1.807, 2.05) is 61.5 Å². The molecule has 1 aliphatic rings. The van der Waals surface area contributed by atoms with E-state index in [-0.39, 0.29) is 24.0 Å². The lowest BCUT2D eigenvalue weighted by Gasteiger charge is -2.29. The second-order valence-electron chi connectivity index (χ2n) is 7.05. The number of aliphatic hydroxyl groups is 1. The molecule has 1 saturated carbocycles. The first-order valence-electron chi connectivity index (χ1n) is 9.07. The molecule has 0 aromatic heterocycles. The van der Waals surface area contributed by atoms with Gasteiger partial charge in [0.2, 0.25) is 0 Å². The van der Waals surface area contributed by atoms with Gasteiger partial charge < -0.3 is 10.0 Å². The van der Waals surface area contributed by atoms with Crippen LogP contribution in [0.5, 0.6) is 0 Å². The van der Waals surface area contributed by atoms with E-state index in [4.69, 9.17) is 0 Å². The summed E-state index contributed by atoms with van der Waals surface area (Å²) in [6.07, 6.45) is 2.32. The Kier molecular flexibility index (Phi) is 5.39. The van der Waals surface area contributed by atoms with E-state index in [0.29, 0.717) is 18.5 Å². The van der Waals surface area contributed by atoms with Crippen molar-refractivity contribution < 1.29 is 9.90 Å². The van der Waals surface area contributed by atoms with Gasteiger partial charge in [-0.2, -0.15) is 5.26 Å². The van der Waals surface area contributed by atoms with Crippen molar-refractivity contribution in [3.8, 4) is 6.07 Å². The molecule has 1 unspecified atom stereocenters. The second-order valence-corrected chi connectivity index (χ2v) is 7.05. The van der Waals surface area contributed by atoms with Gasteiger partial charge in [-0.05, 0) is 49.4 Å². The zero-order chi connectivity index (χ0) is 18.6. The summed E-state index contributed by atoms with van der Waals surface area (Å²) in [5, 5.41) is 18.6. The van der Waals surface area contributed by atoms with Gasteiger partial charge >= 0.3 is 0 Å². The van der Waals surface area contributed by atoms with E-state index in [2.05, 4.69) is 6.07 Å². The number of carbonyl (C=O) groups is 1. The number of hydrogen-bond acceptors (Lipinski definition) is 3. The summed E-state index contributed by atoms with van der Waals surface area (Å²) in [6, 6.07) is 19.6. The van der Waals surface area contributed by atoms with Crippen molar-refractivity contribution in [1.29, 1.82) is 5.26 Å². The van der Waals surface area contributed by atoms with Crippen LogP contribution in [0, 0.1) is 11.3 Å². The lowest BCUT2D eigenvalue weighted by atomic mass is 9.96. The smallest absolute Gasteiger partial charge is 0.254 e. The molecular formula is C22H24N2O2. The summed E-state index contributed by atoms with van der Waals surface area (Å²) in [5.74, 6) is -0.0526. The van der Waals surface area contributed by atoms with Gasteiger partial charge in [-0.1, -0.05) is 42.5 Å². The number of hydrogen-bond donors (Lipinski definition) is 1. The highest BCUT2D eigenvalue weighted by molar-refractivity contribution is 5.94. The molecule has 1 amide bonds. The Morgan fingerprint density at radius 1 is 1.19 bits per heavy atom. The fourth-order valence-electron chi connectivity index (χ4n) is 3.24. The summed E-state index contributed by atoms with van der Waals surface area (Å²) in [6.45, 7) is 2.51. The van der Waals surface area contributed by atoms with E-state index >= 15 is 0 Å². The minimum absolute atomic E-state index is 0.0450. The lowest BCUT2D eigenvalue weighted by Crippen LogP contribution is -2.38. The summed E-state index contributed by atoms with van der Waals surface area (Å²) >= 11 is 0. The Labute approximate surface area is 154 Å². The van der Waals surface area contributed by atoms with Crippen molar-refractivity contribution >= 4 is 5.91 Å². The van der Waals surface area contributed by atoms with Crippen molar-refractivity contribution in [2.45, 2.75) is 44.2 Å². The Morgan fingerprint density at radius 3 is 2.38 bits per heavy atom. The van der Waals surface area contributed by atoms with Crippen LogP contribution in [0.25, 0.3) is 0 Å². The summed E-state index contributed by atoms with van der Waals surface area (Å²) in [5.41, 5.74) is 2.33. The summed E-state index contributed by atoms with van der Waals surface area (Å²) < 4.78 is 0. The Balaban J connectivity index is 1.81. The molecule has 0 bridgehead atoms. The number of nitrogens with zero attached hydrogens (tertiary/aromatic N) is 2. The number of amides is 1. The van der Waals surface area contributed by atoms with Gasteiger partial charge in [0, 0.05) is 24.8 Å². The molecule has 0 aliphatic heterocycles. The molecule has 3 rings (SSSR count). The zero-order valence-corrected chi connectivity index (χ0v) is 15.1. The lowest BCUT2D eigenvalue weighted by molar-refractivity contribution is 0.0648. The zero-order valence-electron chi connectivity index (χ0n) is 15.1. The first kappa shape index (κ1) is 18.2. The molecule has 0 heterocycles. The van der Waals surface area contributed by atoms with E-state index < -0.39 is 0 Å². The van der Waals surface area contributed by atoms with Crippen molar-refractivity contribution in [3.63, 3.8) is 0 Å². The molecule has 134 valence electrons. The maximum atomic E-state index is 13.1. The van der Waals surface area contributed by atoms with Crippen molar-refractivity contribution in [2.75, 3.05) is 6.61 Å². The average Bonchev–Trinajstić information content (AvgIpc) is 3.48. The topological polar surface area (TPSA) is 64.3 Å². The highest BCUT2D eigenvalue weighted by Gasteiger charge is 2.44. The third kappa shape index (κ3) is 3.79. The molecule has 1 N–H and O–H groups in total. The highest BCUT2D eigenvalue weighted by atomic mass is 16.3. The predicted octanol–water partition coefficient (Wildman–Crippen LogP) is 3.66. The Hall–Kier alpha value is -2.64. The first-order valence-corrected chi connectivity index (χ1v) is 9.07. The maximum Gasteiger partial charge on any atom is 0.254 e. The van der Waals surface area contributed by atoms with Gasteiger partial charge in [0.15, 0.2) is 0 Å². The molecule has 0 spiro atoms. The molecule has 26 heavy (non-hydrogen) atoms. The van der Waals surface area contributed by atoms with E-state index in [1.165, 1.54) is 0 Å². The monoisotopic (exact) mass is 348 g/mol. The molecule has 1 atom stereocenters.